The van der Waals surface area contributed by atoms with E-state index >= 15 is 0 Å². The summed E-state index contributed by atoms with van der Waals surface area (Å²) < 4.78 is 26.2. The van der Waals surface area contributed by atoms with E-state index < -0.39 is 7.82 Å². The lowest BCUT2D eigenvalue weighted by molar-refractivity contribution is 0.151. The molecule has 0 saturated carbocycles. The van der Waals surface area contributed by atoms with Crippen molar-refractivity contribution >= 4 is 7.82 Å². The zero-order chi connectivity index (χ0) is 21.5. The van der Waals surface area contributed by atoms with E-state index in [2.05, 4.69) is 79.8 Å². The maximum absolute atomic E-state index is 11.6. The highest BCUT2D eigenvalue weighted by Crippen LogP contribution is 2.47. The molecule has 0 aliphatic heterocycles. The lowest BCUT2D eigenvalue weighted by Gasteiger charge is -2.12. The highest BCUT2D eigenvalue weighted by Gasteiger charge is 2.21. The Balaban J connectivity index is 3.59. The number of phosphoric acid groups is 1. The van der Waals surface area contributed by atoms with Crippen LogP contribution in [0.3, 0.4) is 0 Å². The fraction of sp³-hybridized carbons (Fsp3) is 0.500. The van der Waals surface area contributed by atoms with Gasteiger partial charge in [-0.25, -0.2) is 4.57 Å². The topological polar surface area (TPSA) is 44.8 Å². The van der Waals surface area contributed by atoms with Crippen LogP contribution in [0.5, 0.6) is 0 Å². The van der Waals surface area contributed by atoms with Crippen LogP contribution in [0.4, 0.5) is 0 Å². The second kappa shape index (κ2) is 21.3. The minimum atomic E-state index is -3.33. The van der Waals surface area contributed by atoms with Gasteiger partial charge < -0.3 is 0 Å². The van der Waals surface area contributed by atoms with Crippen molar-refractivity contribution in [3.63, 3.8) is 0 Å². The molecule has 5 heteroatoms. The Labute approximate surface area is 178 Å². The lowest BCUT2D eigenvalue weighted by Crippen LogP contribution is -1.96. The molecular weight excluding hydrogens is 383 g/mol. The second-order valence-electron chi connectivity index (χ2n) is 6.20. The summed E-state index contributed by atoms with van der Waals surface area (Å²) in [4.78, 5) is 0. The molecule has 0 aromatic carbocycles. The molecule has 0 aliphatic rings. The van der Waals surface area contributed by atoms with E-state index in [0.717, 1.165) is 51.4 Å². The molecular formula is C24H39O4P. The van der Waals surface area contributed by atoms with Crippen molar-refractivity contribution in [2.24, 2.45) is 0 Å². The van der Waals surface area contributed by atoms with Gasteiger partial charge in [-0.1, -0.05) is 79.8 Å². The number of hydrogen-bond donors (Lipinski definition) is 0. The summed E-state index contributed by atoms with van der Waals surface area (Å²) in [5.41, 5.74) is 0. The van der Waals surface area contributed by atoms with E-state index in [4.69, 9.17) is 13.6 Å². The van der Waals surface area contributed by atoms with Crippen LogP contribution in [0.2, 0.25) is 0 Å². The van der Waals surface area contributed by atoms with Crippen molar-refractivity contribution in [2.75, 3.05) is 20.8 Å². The largest absolute Gasteiger partial charge is 0.474 e. The maximum Gasteiger partial charge on any atom is 0.474 e. The summed E-state index contributed by atoms with van der Waals surface area (Å²) in [6.45, 7) is 2.50. The quantitative estimate of drug-likeness (QED) is 0.128. The molecule has 0 bridgehead atoms. The lowest BCUT2D eigenvalue weighted by atomic mass is 10.2. The predicted molar refractivity (Wildman–Crippen MR) is 125 cm³/mol. The molecule has 0 saturated heterocycles. The normalized spacial score (nSPS) is 13.6. The summed E-state index contributed by atoms with van der Waals surface area (Å²) in [6.07, 6.45) is 33.8. The molecule has 164 valence electrons. The van der Waals surface area contributed by atoms with Crippen LogP contribution in [-0.2, 0) is 18.1 Å². The molecule has 0 fully saturated rings. The number of allylic oxidation sites excluding steroid dienone is 12. The Bertz CT molecular complexity index is 578. The van der Waals surface area contributed by atoms with E-state index in [0.29, 0.717) is 6.61 Å². The number of hydrogen-bond acceptors (Lipinski definition) is 4. The van der Waals surface area contributed by atoms with Crippen LogP contribution in [0.25, 0.3) is 0 Å². The Morgan fingerprint density at radius 3 is 1.38 bits per heavy atom. The zero-order valence-corrected chi connectivity index (χ0v) is 19.3. The SMILES string of the molecule is CC/C=C/C/C=C/C/C=C/C/C=C/C/C=C/C/C=C/CCCOP(=O)(OC)OC. The van der Waals surface area contributed by atoms with Crippen molar-refractivity contribution < 1.29 is 18.1 Å². The summed E-state index contributed by atoms with van der Waals surface area (Å²) >= 11 is 0. The molecule has 0 unspecified atom stereocenters. The Kier molecular flexibility index (Phi) is 20.2. The van der Waals surface area contributed by atoms with Crippen LogP contribution < -0.4 is 0 Å². The van der Waals surface area contributed by atoms with Crippen LogP contribution in [-0.4, -0.2) is 20.8 Å². The highest BCUT2D eigenvalue weighted by atomic mass is 31.2. The third kappa shape index (κ3) is 19.6. The fourth-order valence-electron chi connectivity index (χ4n) is 2.20. The van der Waals surface area contributed by atoms with Crippen LogP contribution in [0, 0.1) is 0 Å². The van der Waals surface area contributed by atoms with Gasteiger partial charge in [-0.05, 0) is 51.4 Å². The molecule has 29 heavy (non-hydrogen) atoms. The summed E-state index contributed by atoms with van der Waals surface area (Å²) in [6, 6.07) is 0. The third-order valence-corrected chi connectivity index (χ3v) is 5.20. The fourth-order valence-corrected chi connectivity index (χ4v) is 2.91. The Hall–Kier alpha value is -1.45. The summed E-state index contributed by atoms with van der Waals surface area (Å²) in [5.74, 6) is 0. The Morgan fingerprint density at radius 1 is 0.621 bits per heavy atom. The van der Waals surface area contributed by atoms with Gasteiger partial charge in [0.15, 0.2) is 0 Å². The molecule has 0 aromatic heterocycles. The minimum Gasteiger partial charge on any atom is -0.290 e. The van der Waals surface area contributed by atoms with Gasteiger partial charge in [0, 0.05) is 14.2 Å². The van der Waals surface area contributed by atoms with E-state index in [1.807, 2.05) is 0 Å². The van der Waals surface area contributed by atoms with Crippen molar-refractivity contribution in [3.8, 4) is 0 Å². The standard InChI is InChI=1S/C24H39O4P/c1-4-5-6-7-8-9-10-11-12-13-14-15-16-17-18-19-20-21-22-23-24-28-29(25,26-2)27-3/h5-6,8-9,11-12,14-15,17-18,20-21H,4,7,10,13,16,19,22-24H2,1-3H3/b6-5+,9-8+,12-11+,15-14+,18-17+,21-20+. The second-order valence-corrected chi connectivity index (χ2v) is 8.09. The van der Waals surface area contributed by atoms with Gasteiger partial charge in [-0.15, -0.1) is 0 Å². The predicted octanol–water partition coefficient (Wildman–Crippen LogP) is 7.88. The average Bonchev–Trinajstić information content (AvgIpc) is 2.74. The molecule has 0 N–H and O–H groups in total. The molecule has 0 radical (unpaired) electrons. The van der Waals surface area contributed by atoms with Gasteiger partial charge in [0.1, 0.15) is 0 Å². The maximum atomic E-state index is 11.6. The van der Waals surface area contributed by atoms with Gasteiger partial charge in [-0.3, -0.25) is 13.6 Å². The smallest absolute Gasteiger partial charge is 0.290 e. The molecule has 0 rings (SSSR count). The molecule has 0 aromatic rings. The molecule has 0 spiro atoms. The number of phosphoric ester groups is 1. The molecule has 0 amide bonds. The molecule has 0 atom stereocenters. The van der Waals surface area contributed by atoms with Gasteiger partial charge in [0.05, 0.1) is 6.61 Å². The Morgan fingerprint density at radius 2 is 1.00 bits per heavy atom. The van der Waals surface area contributed by atoms with Crippen molar-refractivity contribution in [2.45, 2.75) is 58.3 Å². The zero-order valence-electron chi connectivity index (χ0n) is 18.4. The van der Waals surface area contributed by atoms with Crippen LogP contribution >= 0.6 is 7.82 Å². The number of unbranched alkanes of at least 4 members (excludes halogenated alkanes) is 1. The first kappa shape index (κ1) is 27.5. The molecule has 0 aliphatic carbocycles. The van der Waals surface area contributed by atoms with Crippen molar-refractivity contribution in [1.29, 1.82) is 0 Å². The first-order valence-corrected chi connectivity index (χ1v) is 11.9. The summed E-state index contributed by atoms with van der Waals surface area (Å²) in [7, 11) is -0.697. The van der Waals surface area contributed by atoms with Crippen molar-refractivity contribution in [3.05, 3.63) is 72.9 Å². The van der Waals surface area contributed by atoms with Gasteiger partial charge in [-0.2, -0.15) is 0 Å². The van der Waals surface area contributed by atoms with E-state index in [1.165, 1.54) is 14.2 Å². The third-order valence-electron chi connectivity index (χ3n) is 3.81. The number of rotatable bonds is 18. The van der Waals surface area contributed by atoms with Gasteiger partial charge in [0.25, 0.3) is 0 Å². The van der Waals surface area contributed by atoms with E-state index in [1.54, 1.807) is 0 Å². The van der Waals surface area contributed by atoms with Gasteiger partial charge in [0.2, 0.25) is 0 Å². The minimum absolute atomic E-state index is 0.352. The molecule has 0 heterocycles. The first-order chi connectivity index (χ1) is 14.2. The monoisotopic (exact) mass is 422 g/mol. The average molecular weight is 423 g/mol. The summed E-state index contributed by atoms with van der Waals surface area (Å²) in [5, 5.41) is 0. The van der Waals surface area contributed by atoms with Crippen LogP contribution in [0.1, 0.15) is 58.3 Å². The highest BCUT2D eigenvalue weighted by molar-refractivity contribution is 7.48. The van der Waals surface area contributed by atoms with E-state index in [9.17, 15) is 4.57 Å². The molecule has 4 nitrogen and oxygen atoms in total. The van der Waals surface area contributed by atoms with E-state index in [-0.39, 0.29) is 0 Å². The first-order valence-electron chi connectivity index (χ1n) is 10.4. The van der Waals surface area contributed by atoms with Crippen molar-refractivity contribution in [1.82, 2.24) is 0 Å². The van der Waals surface area contributed by atoms with Crippen LogP contribution in [0.15, 0.2) is 72.9 Å². The van der Waals surface area contributed by atoms with Gasteiger partial charge >= 0.3 is 7.82 Å².